The predicted octanol–water partition coefficient (Wildman–Crippen LogP) is 3.24. The summed E-state index contributed by atoms with van der Waals surface area (Å²) >= 11 is 0. The summed E-state index contributed by atoms with van der Waals surface area (Å²) in [5.74, 6) is 1.24. The van der Waals surface area contributed by atoms with Crippen molar-refractivity contribution in [2.45, 2.75) is 42.9 Å². The Morgan fingerprint density at radius 2 is 1.65 bits per heavy atom. The zero-order valence-electron chi connectivity index (χ0n) is 19.3. The van der Waals surface area contributed by atoms with Gasteiger partial charge in [-0.05, 0) is 55.2 Å². The third-order valence-electron chi connectivity index (χ3n) is 7.05. The predicted molar refractivity (Wildman–Crippen MR) is 127 cm³/mol. The molecule has 2 aromatic rings. The second-order valence-electron chi connectivity index (χ2n) is 9.09. The summed E-state index contributed by atoms with van der Waals surface area (Å²) < 4.78 is 44.4. The molecule has 2 heterocycles. The minimum atomic E-state index is -3.66. The monoisotopic (exact) mass is 486 g/mol. The van der Waals surface area contributed by atoms with E-state index in [0.717, 1.165) is 36.8 Å². The van der Waals surface area contributed by atoms with Gasteiger partial charge in [0, 0.05) is 18.8 Å². The van der Waals surface area contributed by atoms with Gasteiger partial charge in [-0.2, -0.15) is 4.31 Å². The molecule has 5 rings (SSSR count). The fraction of sp³-hybridized carbons (Fsp3) is 0.480. The van der Waals surface area contributed by atoms with E-state index in [1.165, 1.54) is 4.31 Å². The maximum Gasteiger partial charge on any atom is 0.243 e. The van der Waals surface area contributed by atoms with Gasteiger partial charge in [-0.3, -0.25) is 4.79 Å². The minimum Gasteiger partial charge on any atom is -0.486 e. The molecule has 0 aromatic heterocycles. The average Bonchev–Trinajstić information content (AvgIpc) is 3.37. The first-order chi connectivity index (χ1) is 16.4. The molecule has 0 spiro atoms. The van der Waals surface area contributed by atoms with Crippen LogP contribution >= 0.6 is 0 Å². The Hall–Kier alpha value is -2.62. The van der Waals surface area contributed by atoms with Gasteiger partial charge in [-0.1, -0.05) is 25.0 Å². The second-order valence-corrected chi connectivity index (χ2v) is 11.0. The Bertz CT molecular complexity index is 1180. The molecule has 9 heteroatoms. The fourth-order valence-electron chi connectivity index (χ4n) is 5.04. The highest BCUT2D eigenvalue weighted by Crippen LogP contribution is 2.45. The number of nitrogens with zero attached hydrogens (tertiary/aromatic N) is 1. The molecule has 0 bridgehead atoms. The highest BCUT2D eigenvalue weighted by Gasteiger charge is 2.43. The lowest BCUT2D eigenvalue weighted by atomic mass is 9.77. The SMILES string of the molecule is Cc1ccc(S(=O)(=O)N2CCOCC2)cc1NC(=O)C1(c2ccc3c(c2)OCCO3)CCCC1. The minimum absolute atomic E-state index is 0.120. The van der Waals surface area contributed by atoms with Crippen LogP contribution in [0.5, 0.6) is 11.5 Å². The van der Waals surface area contributed by atoms with E-state index in [2.05, 4.69) is 5.32 Å². The quantitative estimate of drug-likeness (QED) is 0.697. The number of carbonyl (C=O) groups excluding carboxylic acids is 1. The van der Waals surface area contributed by atoms with Crippen molar-refractivity contribution >= 4 is 21.6 Å². The molecule has 3 aliphatic rings. The number of hydrogen-bond donors (Lipinski definition) is 1. The molecule has 0 atom stereocenters. The topological polar surface area (TPSA) is 94.2 Å². The van der Waals surface area contributed by atoms with E-state index in [1.807, 2.05) is 25.1 Å². The Morgan fingerprint density at radius 3 is 2.38 bits per heavy atom. The lowest BCUT2D eigenvalue weighted by Gasteiger charge is -2.30. The molecule has 0 radical (unpaired) electrons. The molecular weight excluding hydrogens is 456 g/mol. The summed E-state index contributed by atoms with van der Waals surface area (Å²) in [4.78, 5) is 13.9. The first kappa shape index (κ1) is 23.1. The zero-order chi connectivity index (χ0) is 23.8. The molecule has 1 saturated heterocycles. The summed E-state index contributed by atoms with van der Waals surface area (Å²) in [6.45, 7) is 4.28. The summed E-state index contributed by atoms with van der Waals surface area (Å²) in [6, 6.07) is 10.7. The van der Waals surface area contributed by atoms with E-state index >= 15 is 0 Å². The lowest BCUT2D eigenvalue weighted by Crippen LogP contribution is -2.40. The molecule has 2 aliphatic heterocycles. The zero-order valence-corrected chi connectivity index (χ0v) is 20.2. The van der Waals surface area contributed by atoms with Crippen molar-refractivity contribution in [2.24, 2.45) is 0 Å². The largest absolute Gasteiger partial charge is 0.486 e. The van der Waals surface area contributed by atoms with Gasteiger partial charge in [0.2, 0.25) is 15.9 Å². The van der Waals surface area contributed by atoms with Gasteiger partial charge in [0.05, 0.1) is 23.5 Å². The summed E-state index contributed by atoms with van der Waals surface area (Å²) in [5, 5.41) is 3.07. The first-order valence-electron chi connectivity index (χ1n) is 11.8. The van der Waals surface area contributed by atoms with E-state index in [1.54, 1.807) is 18.2 Å². The van der Waals surface area contributed by atoms with Crippen LogP contribution in [0.3, 0.4) is 0 Å². The van der Waals surface area contributed by atoms with Gasteiger partial charge in [0.25, 0.3) is 0 Å². The van der Waals surface area contributed by atoms with Crippen LogP contribution in [0, 0.1) is 6.92 Å². The van der Waals surface area contributed by atoms with Crippen LogP contribution in [0.25, 0.3) is 0 Å². The van der Waals surface area contributed by atoms with Crippen LogP contribution in [0.15, 0.2) is 41.3 Å². The second kappa shape index (κ2) is 9.20. The van der Waals surface area contributed by atoms with Crippen molar-refractivity contribution in [1.29, 1.82) is 0 Å². The molecule has 1 saturated carbocycles. The summed E-state index contributed by atoms with van der Waals surface area (Å²) in [7, 11) is -3.66. The summed E-state index contributed by atoms with van der Waals surface area (Å²) in [5.41, 5.74) is 1.54. The number of hydrogen-bond acceptors (Lipinski definition) is 6. The number of nitrogens with one attached hydrogen (secondary N) is 1. The molecule has 34 heavy (non-hydrogen) atoms. The Balaban J connectivity index is 1.44. The van der Waals surface area contributed by atoms with Crippen molar-refractivity contribution in [2.75, 3.05) is 44.8 Å². The van der Waals surface area contributed by atoms with E-state index in [4.69, 9.17) is 14.2 Å². The van der Waals surface area contributed by atoms with Crippen LogP contribution in [0.2, 0.25) is 0 Å². The van der Waals surface area contributed by atoms with Crippen LogP contribution in [-0.2, 0) is 25.0 Å². The number of sulfonamides is 1. The number of benzene rings is 2. The number of anilines is 1. The van der Waals surface area contributed by atoms with Crippen molar-refractivity contribution < 1.29 is 27.4 Å². The van der Waals surface area contributed by atoms with Crippen LogP contribution in [0.4, 0.5) is 5.69 Å². The van der Waals surface area contributed by atoms with Gasteiger partial charge >= 0.3 is 0 Å². The van der Waals surface area contributed by atoms with Gasteiger partial charge in [-0.25, -0.2) is 8.42 Å². The van der Waals surface area contributed by atoms with Crippen molar-refractivity contribution in [3.8, 4) is 11.5 Å². The molecule has 1 N–H and O–H groups in total. The van der Waals surface area contributed by atoms with Crippen molar-refractivity contribution in [1.82, 2.24) is 4.31 Å². The Morgan fingerprint density at radius 1 is 0.941 bits per heavy atom. The maximum atomic E-state index is 13.8. The van der Waals surface area contributed by atoms with Crippen LogP contribution < -0.4 is 14.8 Å². The number of fused-ring (bicyclic) bond motifs is 1. The Labute approximate surface area is 200 Å². The number of aryl methyl sites for hydroxylation is 1. The molecular formula is C25H30N2O6S. The smallest absolute Gasteiger partial charge is 0.243 e. The molecule has 0 unspecified atom stereocenters. The lowest BCUT2D eigenvalue weighted by molar-refractivity contribution is -0.121. The van der Waals surface area contributed by atoms with Crippen molar-refractivity contribution in [3.63, 3.8) is 0 Å². The van der Waals surface area contributed by atoms with Gasteiger partial charge < -0.3 is 19.5 Å². The first-order valence-corrected chi connectivity index (χ1v) is 13.2. The van der Waals surface area contributed by atoms with Gasteiger partial charge in [-0.15, -0.1) is 0 Å². The third-order valence-corrected chi connectivity index (χ3v) is 8.95. The molecule has 8 nitrogen and oxygen atoms in total. The van der Waals surface area contributed by atoms with E-state index < -0.39 is 15.4 Å². The normalized spacial score (nSPS) is 20.1. The number of ether oxygens (including phenoxy) is 3. The van der Waals surface area contributed by atoms with E-state index in [9.17, 15) is 13.2 Å². The number of amides is 1. The number of morpholine rings is 1. The molecule has 2 aromatic carbocycles. The maximum absolute atomic E-state index is 13.8. The number of rotatable bonds is 5. The summed E-state index contributed by atoms with van der Waals surface area (Å²) in [6.07, 6.45) is 3.35. The highest BCUT2D eigenvalue weighted by atomic mass is 32.2. The van der Waals surface area contributed by atoms with Crippen LogP contribution in [-0.4, -0.2) is 58.1 Å². The van der Waals surface area contributed by atoms with Crippen LogP contribution in [0.1, 0.15) is 36.8 Å². The highest BCUT2D eigenvalue weighted by molar-refractivity contribution is 7.89. The fourth-order valence-corrected chi connectivity index (χ4v) is 6.48. The van der Waals surface area contributed by atoms with Crippen molar-refractivity contribution in [3.05, 3.63) is 47.5 Å². The van der Waals surface area contributed by atoms with E-state index in [0.29, 0.717) is 56.7 Å². The third kappa shape index (κ3) is 4.16. The van der Waals surface area contributed by atoms with E-state index in [-0.39, 0.29) is 10.8 Å². The molecule has 2 fully saturated rings. The Kier molecular flexibility index (Phi) is 6.26. The number of carbonyl (C=O) groups is 1. The van der Waals surface area contributed by atoms with Gasteiger partial charge in [0.15, 0.2) is 11.5 Å². The average molecular weight is 487 g/mol. The van der Waals surface area contributed by atoms with Gasteiger partial charge in [0.1, 0.15) is 13.2 Å². The molecule has 182 valence electrons. The standard InChI is InChI=1S/C25H30N2O6S/c1-18-4-6-20(34(29,30)27-10-12-31-13-11-27)17-21(18)26-24(28)25(8-2-3-9-25)19-5-7-22-23(16-19)33-15-14-32-22/h4-7,16-17H,2-3,8-15H2,1H3,(H,26,28). The molecule has 1 amide bonds. The molecule has 1 aliphatic carbocycles.